The predicted molar refractivity (Wildman–Crippen MR) is 72.3 cm³/mol. The third-order valence-electron chi connectivity index (χ3n) is 2.52. The molecule has 0 atom stereocenters. The van der Waals surface area contributed by atoms with Crippen LogP contribution in [0.4, 0.5) is 0 Å². The van der Waals surface area contributed by atoms with Crippen LogP contribution in [0.5, 0.6) is 0 Å². The average Bonchev–Trinajstić information content (AvgIpc) is 2.37. The SMILES string of the molecule is CNC(=O)CN(C)S(=O)(=O)c1ccc(C(=O)O)c(Cl)c1. The predicted octanol–water partition coefficient (Wildman–Crippen LogP) is 0.405. The standard InChI is InChI=1S/C11H13ClN2O5S/c1-13-10(15)6-14(2)20(18,19)7-3-4-8(11(16)17)9(12)5-7/h3-5H,6H2,1-2H3,(H,13,15)(H,16,17). The average molecular weight is 321 g/mol. The Labute approximate surface area is 121 Å². The second-order valence-corrected chi connectivity index (χ2v) is 6.33. The van der Waals surface area contributed by atoms with Gasteiger partial charge in [0.05, 0.1) is 22.0 Å². The highest BCUT2D eigenvalue weighted by Gasteiger charge is 2.24. The molecule has 0 aliphatic carbocycles. The summed E-state index contributed by atoms with van der Waals surface area (Å²) in [7, 11) is -1.28. The minimum atomic E-state index is -3.91. The van der Waals surface area contributed by atoms with Crippen LogP contribution >= 0.6 is 11.6 Å². The number of carboxylic acid groups (broad SMARTS) is 1. The third kappa shape index (κ3) is 3.47. The number of aromatic carboxylic acids is 1. The van der Waals surface area contributed by atoms with Crippen molar-refractivity contribution >= 4 is 33.5 Å². The molecule has 1 amide bonds. The number of rotatable bonds is 5. The monoisotopic (exact) mass is 320 g/mol. The number of carboxylic acids is 1. The van der Waals surface area contributed by atoms with Crippen molar-refractivity contribution in [1.29, 1.82) is 0 Å². The van der Waals surface area contributed by atoms with Crippen molar-refractivity contribution in [3.05, 3.63) is 28.8 Å². The molecule has 110 valence electrons. The molecule has 1 rings (SSSR count). The second kappa shape index (κ2) is 6.21. The van der Waals surface area contributed by atoms with E-state index in [1.807, 2.05) is 0 Å². The van der Waals surface area contributed by atoms with E-state index in [1.165, 1.54) is 14.1 Å². The molecule has 0 radical (unpaired) electrons. The molecular weight excluding hydrogens is 308 g/mol. The quantitative estimate of drug-likeness (QED) is 0.817. The first kappa shape index (κ1) is 16.4. The Balaban J connectivity index is 3.13. The fraction of sp³-hybridized carbons (Fsp3) is 0.273. The Bertz CT molecular complexity index is 644. The largest absolute Gasteiger partial charge is 0.478 e. The number of amides is 1. The molecule has 0 bridgehead atoms. The van der Waals surface area contributed by atoms with E-state index < -0.39 is 21.9 Å². The first-order valence-electron chi connectivity index (χ1n) is 5.40. The molecule has 0 aromatic heterocycles. The minimum Gasteiger partial charge on any atom is -0.478 e. The van der Waals surface area contributed by atoms with Crippen LogP contribution in [-0.4, -0.2) is 50.3 Å². The molecule has 0 saturated carbocycles. The summed E-state index contributed by atoms with van der Waals surface area (Å²) in [6, 6.07) is 3.27. The van der Waals surface area contributed by atoms with Crippen molar-refractivity contribution in [2.45, 2.75) is 4.90 Å². The van der Waals surface area contributed by atoms with Crippen LogP contribution in [0.1, 0.15) is 10.4 Å². The summed E-state index contributed by atoms with van der Waals surface area (Å²) in [5.74, 6) is -1.72. The highest BCUT2D eigenvalue weighted by molar-refractivity contribution is 7.89. The maximum atomic E-state index is 12.2. The van der Waals surface area contributed by atoms with Crippen molar-refractivity contribution < 1.29 is 23.1 Å². The van der Waals surface area contributed by atoms with Crippen LogP contribution < -0.4 is 5.32 Å². The van der Waals surface area contributed by atoms with Gasteiger partial charge in [-0.25, -0.2) is 13.2 Å². The molecule has 1 aromatic rings. The molecule has 2 N–H and O–H groups in total. The van der Waals surface area contributed by atoms with E-state index in [9.17, 15) is 18.0 Å². The Hall–Kier alpha value is -1.64. The number of sulfonamides is 1. The van der Waals surface area contributed by atoms with Crippen LogP contribution in [0.3, 0.4) is 0 Å². The molecule has 0 heterocycles. The Morgan fingerprint density at radius 1 is 1.40 bits per heavy atom. The van der Waals surface area contributed by atoms with E-state index in [0.717, 1.165) is 22.5 Å². The zero-order chi connectivity index (χ0) is 15.5. The zero-order valence-electron chi connectivity index (χ0n) is 10.8. The number of hydrogen-bond acceptors (Lipinski definition) is 4. The molecule has 0 saturated heterocycles. The van der Waals surface area contributed by atoms with Crippen LogP contribution in [0.25, 0.3) is 0 Å². The van der Waals surface area contributed by atoms with Crippen LogP contribution in [0.2, 0.25) is 5.02 Å². The van der Waals surface area contributed by atoms with E-state index in [4.69, 9.17) is 16.7 Å². The van der Waals surface area contributed by atoms with Crippen molar-refractivity contribution in [2.75, 3.05) is 20.6 Å². The van der Waals surface area contributed by atoms with Gasteiger partial charge in [-0.1, -0.05) is 11.6 Å². The lowest BCUT2D eigenvalue weighted by atomic mass is 10.2. The number of nitrogens with one attached hydrogen (secondary N) is 1. The summed E-state index contributed by atoms with van der Waals surface area (Å²) in [5.41, 5.74) is -0.195. The van der Waals surface area contributed by atoms with Crippen molar-refractivity contribution in [2.24, 2.45) is 0 Å². The first-order valence-corrected chi connectivity index (χ1v) is 7.21. The zero-order valence-corrected chi connectivity index (χ0v) is 12.3. The van der Waals surface area contributed by atoms with Crippen LogP contribution in [-0.2, 0) is 14.8 Å². The third-order valence-corrected chi connectivity index (χ3v) is 4.64. The normalized spacial score (nSPS) is 11.4. The molecular formula is C11H13ClN2O5S. The molecule has 7 nitrogen and oxygen atoms in total. The Morgan fingerprint density at radius 2 is 2.00 bits per heavy atom. The topological polar surface area (TPSA) is 104 Å². The summed E-state index contributed by atoms with van der Waals surface area (Å²) in [6.07, 6.45) is 0. The van der Waals surface area contributed by atoms with E-state index in [0.29, 0.717) is 0 Å². The molecule has 0 fully saturated rings. The van der Waals surface area contributed by atoms with Gasteiger partial charge in [-0.3, -0.25) is 4.79 Å². The van der Waals surface area contributed by atoms with E-state index in [2.05, 4.69) is 5.32 Å². The number of carbonyl (C=O) groups excluding carboxylic acids is 1. The Morgan fingerprint density at radius 3 is 2.45 bits per heavy atom. The van der Waals surface area contributed by atoms with Crippen LogP contribution in [0.15, 0.2) is 23.1 Å². The summed E-state index contributed by atoms with van der Waals surface area (Å²) in [5, 5.41) is 10.9. The van der Waals surface area contributed by atoms with Gasteiger partial charge in [0.15, 0.2) is 0 Å². The van der Waals surface area contributed by atoms with E-state index in [1.54, 1.807) is 0 Å². The number of hydrogen-bond donors (Lipinski definition) is 2. The van der Waals surface area contributed by atoms with Crippen molar-refractivity contribution in [3.8, 4) is 0 Å². The van der Waals surface area contributed by atoms with E-state index in [-0.39, 0.29) is 22.0 Å². The van der Waals surface area contributed by atoms with Gasteiger partial charge in [0.25, 0.3) is 0 Å². The summed E-state index contributed by atoms with van der Waals surface area (Å²) in [6.45, 7) is -0.350. The van der Waals surface area contributed by atoms with Gasteiger partial charge < -0.3 is 10.4 Å². The van der Waals surface area contributed by atoms with Gasteiger partial charge in [-0.15, -0.1) is 0 Å². The van der Waals surface area contributed by atoms with Gasteiger partial charge in [0, 0.05) is 14.1 Å². The summed E-state index contributed by atoms with van der Waals surface area (Å²) in [4.78, 5) is 21.8. The van der Waals surface area contributed by atoms with Gasteiger partial charge in [0.2, 0.25) is 15.9 Å². The number of nitrogens with zero attached hydrogens (tertiary/aromatic N) is 1. The Kier molecular flexibility index (Phi) is 5.09. The van der Waals surface area contributed by atoms with Crippen molar-refractivity contribution in [3.63, 3.8) is 0 Å². The minimum absolute atomic E-state index is 0.182. The highest BCUT2D eigenvalue weighted by Crippen LogP contribution is 2.22. The van der Waals surface area contributed by atoms with Crippen LogP contribution in [0, 0.1) is 0 Å². The molecule has 0 unspecified atom stereocenters. The lowest BCUT2D eigenvalue weighted by Gasteiger charge is -2.16. The van der Waals surface area contributed by atoms with Gasteiger partial charge in [-0.2, -0.15) is 4.31 Å². The fourth-order valence-corrected chi connectivity index (χ4v) is 2.86. The smallest absolute Gasteiger partial charge is 0.337 e. The van der Waals surface area contributed by atoms with Crippen molar-refractivity contribution in [1.82, 2.24) is 9.62 Å². The maximum Gasteiger partial charge on any atom is 0.337 e. The van der Waals surface area contributed by atoms with Gasteiger partial charge in [0.1, 0.15) is 0 Å². The number of carbonyl (C=O) groups is 2. The fourth-order valence-electron chi connectivity index (χ4n) is 1.38. The van der Waals surface area contributed by atoms with Gasteiger partial charge in [-0.05, 0) is 18.2 Å². The molecule has 0 aliphatic heterocycles. The molecule has 0 aliphatic rings. The number of likely N-dealkylation sites (N-methyl/N-ethyl adjacent to an activating group) is 2. The molecule has 0 spiro atoms. The first-order chi connectivity index (χ1) is 9.20. The number of halogens is 1. The molecule has 1 aromatic carbocycles. The number of benzene rings is 1. The second-order valence-electron chi connectivity index (χ2n) is 3.88. The lowest BCUT2D eigenvalue weighted by molar-refractivity contribution is -0.120. The molecule has 9 heteroatoms. The highest BCUT2D eigenvalue weighted by atomic mass is 35.5. The maximum absolute atomic E-state index is 12.2. The summed E-state index contributed by atoms with van der Waals surface area (Å²) < 4.78 is 25.2. The summed E-state index contributed by atoms with van der Waals surface area (Å²) >= 11 is 5.73. The lowest BCUT2D eigenvalue weighted by Crippen LogP contribution is -2.36. The molecule has 20 heavy (non-hydrogen) atoms. The van der Waals surface area contributed by atoms with Gasteiger partial charge >= 0.3 is 5.97 Å². The van der Waals surface area contributed by atoms with E-state index >= 15 is 0 Å².